The number of benzene rings is 2. The molecule has 0 aromatic heterocycles. The van der Waals surface area contributed by atoms with Crippen LogP contribution < -0.4 is 10.0 Å². The fourth-order valence-corrected chi connectivity index (χ4v) is 4.99. The fourth-order valence-electron chi connectivity index (χ4n) is 3.93. The van der Waals surface area contributed by atoms with Crippen LogP contribution in [0.5, 0.6) is 0 Å². The molecule has 2 N–H and O–H groups in total. The van der Waals surface area contributed by atoms with Gasteiger partial charge in [0.1, 0.15) is 0 Å². The standard InChI is InChI=1S/C23H28N2O4S/c1-2-17-5-11-21(12-6-17)30(27,28)25-19-9-7-18(8-10-19)23(13-14-23)22(26)24-16-20-4-3-15-29-20/h5-12,20,25H,2-4,13-16H2,1H3,(H,24,26)/t20-/m0/s1. The first-order valence-electron chi connectivity index (χ1n) is 10.6. The van der Waals surface area contributed by atoms with Crippen LogP contribution in [-0.2, 0) is 31.4 Å². The third-order valence-corrected chi connectivity index (χ3v) is 7.43. The quantitative estimate of drug-likeness (QED) is 0.675. The number of nitrogens with one attached hydrogen (secondary N) is 2. The Hall–Kier alpha value is -2.38. The molecule has 1 heterocycles. The Morgan fingerprint density at radius 3 is 2.37 bits per heavy atom. The third-order valence-electron chi connectivity index (χ3n) is 6.03. The first kappa shape index (κ1) is 20.9. The summed E-state index contributed by atoms with van der Waals surface area (Å²) in [6.07, 6.45) is 4.62. The minimum Gasteiger partial charge on any atom is -0.376 e. The molecule has 6 nitrogen and oxygen atoms in total. The maximum Gasteiger partial charge on any atom is 0.261 e. The Bertz CT molecular complexity index is 991. The number of amides is 1. The van der Waals surface area contributed by atoms with Crippen LogP contribution in [0.4, 0.5) is 5.69 Å². The van der Waals surface area contributed by atoms with E-state index in [-0.39, 0.29) is 16.9 Å². The highest BCUT2D eigenvalue weighted by molar-refractivity contribution is 7.92. The molecule has 2 aliphatic rings. The van der Waals surface area contributed by atoms with E-state index in [0.29, 0.717) is 12.2 Å². The monoisotopic (exact) mass is 428 g/mol. The second-order valence-electron chi connectivity index (χ2n) is 8.11. The van der Waals surface area contributed by atoms with Gasteiger partial charge in [-0.05, 0) is 67.5 Å². The zero-order chi connectivity index (χ0) is 21.2. The van der Waals surface area contributed by atoms with Crippen LogP contribution in [0, 0.1) is 0 Å². The Morgan fingerprint density at radius 2 is 1.80 bits per heavy atom. The van der Waals surface area contributed by atoms with E-state index in [9.17, 15) is 13.2 Å². The predicted octanol–water partition coefficient (Wildman–Crippen LogP) is 3.38. The molecular formula is C23H28N2O4S. The lowest BCUT2D eigenvalue weighted by atomic mass is 9.94. The number of carbonyl (C=O) groups is 1. The molecule has 0 radical (unpaired) electrons. The molecule has 2 aromatic rings. The molecule has 0 unspecified atom stereocenters. The highest BCUT2D eigenvalue weighted by atomic mass is 32.2. The average molecular weight is 429 g/mol. The van der Waals surface area contributed by atoms with Gasteiger partial charge in [-0.15, -0.1) is 0 Å². The summed E-state index contributed by atoms with van der Waals surface area (Å²) in [5.41, 5.74) is 1.99. The normalized spacial score (nSPS) is 20.0. The summed E-state index contributed by atoms with van der Waals surface area (Å²) in [5, 5.41) is 3.03. The average Bonchev–Trinajstić information content (AvgIpc) is 3.40. The topological polar surface area (TPSA) is 84.5 Å². The maximum atomic E-state index is 12.8. The van der Waals surface area contributed by atoms with Crippen LogP contribution in [0.3, 0.4) is 0 Å². The highest BCUT2D eigenvalue weighted by Gasteiger charge is 2.51. The summed E-state index contributed by atoms with van der Waals surface area (Å²) in [5.74, 6) is 0.0299. The van der Waals surface area contributed by atoms with Crippen molar-refractivity contribution in [2.45, 2.75) is 55.4 Å². The summed E-state index contributed by atoms with van der Waals surface area (Å²) < 4.78 is 33.4. The van der Waals surface area contributed by atoms with Crippen LogP contribution in [0.25, 0.3) is 0 Å². The molecule has 160 valence electrons. The van der Waals surface area contributed by atoms with Gasteiger partial charge in [-0.3, -0.25) is 9.52 Å². The third kappa shape index (κ3) is 4.37. The van der Waals surface area contributed by atoms with Crippen LogP contribution in [0.15, 0.2) is 53.4 Å². The molecule has 30 heavy (non-hydrogen) atoms. The van der Waals surface area contributed by atoms with Crippen molar-refractivity contribution < 1.29 is 17.9 Å². The minimum atomic E-state index is -3.65. The van der Waals surface area contributed by atoms with Gasteiger partial charge >= 0.3 is 0 Å². The van der Waals surface area contributed by atoms with E-state index in [1.807, 2.05) is 31.2 Å². The van der Waals surface area contributed by atoms with Crippen LogP contribution >= 0.6 is 0 Å². The molecule has 1 aliphatic carbocycles. The molecule has 1 saturated carbocycles. The van der Waals surface area contributed by atoms with Gasteiger partial charge in [0.25, 0.3) is 10.0 Å². The van der Waals surface area contributed by atoms with Crippen LogP contribution in [-0.4, -0.2) is 33.6 Å². The van der Waals surface area contributed by atoms with Crippen molar-refractivity contribution in [1.29, 1.82) is 0 Å². The number of rotatable bonds is 8. The Labute approximate surface area is 178 Å². The SMILES string of the molecule is CCc1ccc(S(=O)(=O)Nc2ccc(C3(C(=O)NC[C@@H]4CCCO4)CC3)cc2)cc1. The second-order valence-corrected chi connectivity index (χ2v) is 9.79. The zero-order valence-electron chi connectivity index (χ0n) is 17.2. The molecular weight excluding hydrogens is 400 g/mol. The van der Waals surface area contributed by atoms with Gasteiger partial charge in [0.15, 0.2) is 0 Å². The van der Waals surface area contributed by atoms with E-state index < -0.39 is 15.4 Å². The van der Waals surface area contributed by atoms with E-state index in [1.165, 1.54) is 0 Å². The Morgan fingerprint density at radius 1 is 1.10 bits per heavy atom. The van der Waals surface area contributed by atoms with E-state index in [0.717, 1.165) is 49.8 Å². The molecule has 2 aromatic carbocycles. The molecule has 1 aliphatic heterocycles. The number of carbonyl (C=O) groups excluding carboxylic acids is 1. The number of hydrogen-bond donors (Lipinski definition) is 2. The molecule has 0 spiro atoms. The largest absolute Gasteiger partial charge is 0.376 e. The summed E-state index contributed by atoms with van der Waals surface area (Å²) in [6, 6.07) is 14.0. The molecule has 1 saturated heterocycles. The van der Waals surface area contributed by atoms with Gasteiger partial charge in [-0.2, -0.15) is 0 Å². The van der Waals surface area contributed by atoms with Gasteiger partial charge in [0.2, 0.25) is 5.91 Å². The van der Waals surface area contributed by atoms with Crippen molar-refractivity contribution in [3.63, 3.8) is 0 Å². The van der Waals surface area contributed by atoms with Gasteiger partial charge in [-0.1, -0.05) is 31.2 Å². The van der Waals surface area contributed by atoms with Gasteiger partial charge < -0.3 is 10.1 Å². The van der Waals surface area contributed by atoms with Crippen molar-refractivity contribution in [2.24, 2.45) is 0 Å². The minimum absolute atomic E-state index is 0.0299. The van der Waals surface area contributed by atoms with E-state index in [2.05, 4.69) is 10.0 Å². The Balaban J connectivity index is 1.41. The maximum absolute atomic E-state index is 12.8. The molecule has 1 amide bonds. The van der Waals surface area contributed by atoms with Crippen molar-refractivity contribution in [3.05, 3.63) is 59.7 Å². The molecule has 2 fully saturated rings. The van der Waals surface area contributed by atoms with Gasteiger partial charge in [0.05, 0.1) is 16.4 Å². The number of anilines is 1. The lowest BCUT2D eigenvalue weighted by molar-refractivity contribution is -0.124. The first-order chi connectivity index (χ1) is 14.4. The molecule has 0 bridgehead atoms. The molecule has 7 heteroatoms. The molecule has 4 rings (SSSR count). The first-order valence-corrected chi connectivity index (χ1v) is 12.0. The van der Waals surface area contributed by atoms with Gasteiger partial charge in [-0.25, -0.2) is 8.42 Å². The summed E-state index contributed by atoms with van der Waals surface area (Å²) >= 11 is 0. The van der Waals surface area contributed by atoms with Crippen molar-refractivity contribution in [3.8, 4) is 0 Å². The number of sulfonamides is 1. The van der Waals surface area contributed by atoms with E-state index in [1.54, 1.807) is 24.3 Å². The van der Waals surface area contributed by atoms with Crippen molar-refractivity contribution in [2.75, 3.05) is 17.9 Å². The van der Waals surface area contributed by atoms with Gasteiger partial charge in [0, 0.05) is 18.8 Å². The molecule has 1 atom stereocenters. The lowest BCUT2D eigenvalue weighted by Crippen LogP contribution is -2.39. The van der Waals surface area contributed by atoms with Crippen LogP contribution in [0.1, 0.15) is 43.7 Å². The lowest BCUT2D eigenvalue weighted by Gasteiger charge is -2.18. The fraction of sp³-hybridized carbons (Fsp3) is 0.435. The summed E-state index contributed by atoms with van der Waals surface area (Å²) in [6.45, 7) is 3.35. The van der Waals surface area contributed by atoms with Crippen LogP contribution in [0.2, 0.25) is 0 Å². The number of hydrogen-bond acceptors (Lipinski definition) is 4. The highest BCUT2D eigenvalue weighted by Crippen LogP contribution is 2.48. The second kappa shape index (κ2) is 8.40. The predicted molar refractivity (Wildman–Crippen MR) is 116 cm³/mol. The van der Waals surface area contributed by atoms with E-state index >= 15 is 0 Å². The van der Waals surface area contributed by atoms with E-state index in [4.69, 9.17) is 4.74 Å². The summed E-state index contributed by atoms with van der Waals surface area (Å²) in [4.78, 5) is 13.0. The van der Waals surface area contributed by atoms with Crippen molar-refractivity contribution >= 4 is 21.6 Å². The number of ether oxygens (including phenoxy) is 1. The zero-order valence-corrected chi connectivity index (χ0v) is 18.0. The Kier molecular flexibility index (Phi) is 5.84. The number of aryl methyl sites for hydroxylation is 1. The van der Waals surface area contributed by atoms with Crippen molar-refractivity contribution in [1.82, 2.24) is 5.32 Å². The summed E-state index contributed by atoms with van der Waals surface area (Å²) in [7, 11) is -3.65. The smallest absolute Gasteiger partial charge is 0.261 e.